The fourth-order valence-corrected chi connectivity index (χ4v) is 3.66. The van der Waals surface area contributed by atoms with Crippen LogP contribution >= 0.6 is 23.4 Å². The predicted octanol–water partition coefficient (Wildman–Crippen LogP) is 5.44. The van der Waals surface area contributed by atoms with Gasteiger partial charge in [-0.3, -0.25) is 9.59 Å². The minimum atomic E-state index is -0.0524. The molecule has 0 radical (unpaired) electrons. The lowest BCUT2D eigenvalue weighted by Gasteiger charge is -2.11. The molecule has 2 rings (SSSR count). The summed E-state index contributed by atoms with van der Waals surface area (Å²) in [6.07, 6.45) is 1.69. The van der Waals surface area contributed by atoms with Gasteiger partial charge in [-0.2, -0.15) is 11.8 Å². The van der Waals surface area contributed by atoms with Crippen molar-refractivity contribution in [1.29, 1.82) is 0 Å². The number of rotatable bonds is 9. The fraction of sp³-hybridized carbons (Fsp3) is 0.333. The van der Waals surface area contributed by atoms with Crippen LogP contribution in [0.15, 0.2) is 42.5 Å². The molecule has 2 N–H and O–H groups in total. The number of amides is 2. The summed E-state index contributed by atoms with van der Waals surface area (Å²) in [6, 6.07) is 13.2. The third-order valence-electron chi connectivity index (χ3n) is 4.06. The first kappa shape index (κ1) is 21.3. The number of anilines is 2. The van der Waals surface area contributed by atoms with E-state index in [0.717, 1.165) is 34.7 Å². The first-order valence-electron chi connectivity index (χ1n) is 8.95. The van der Waals surface area contributed by atoms with E-state index in [4.69, 9.17) is 11.6 Å². The number of aryl methyl sites for hydroxylation is 2. The molecular formula is C21H25ClN2O2S. The van der Waals surface area contributed by atoms with E-state index in [2.05, 4.69) is 10.6 Å². The monoisotopic (exact) mass is 404 g/mol. The Morgan fingerprint density at radius 1 is 0.889 bits per heavy atom. The second-order valence-corrected chi connectivity index (χ2v) is 7.94. The Balaban J connectivity index is 1.60. The van der Waals surface area contributed by atoms with Gasteiger partial charge in [0, 0.05) is 24.3 Å². The molecule has 27 heavy (non-hydrogen) atoms. The first-order chi connectivity index (χ1) is 13.0. The molecular weight excluding hydrogens is 380 g/mol. The Kier molecular flexibility index (Phi) is 8.69. The van der Waals surface area contributed by atoms with Crippen LogP contribution in [0.25, 0.3) is 0 Å². The third kappa shape index (κ3) is 7.27. The Morgan fingerprint density at radius 2 is 1.56 bits per heavy atom. The summed E-state index contributed by atoms with van der Waals surface area (Å²) < 4.78 is 0. The molecule has 2 aromatic carbocycles. The van der Waals surface area contributed by atoms with Crippen molar-refractivity contribution < 1.29 is 9.59 Å². The maximum absolute atomic E-state index is 12.1. The molecule has 0 atom stereocenters. The lowest BCUT2D eigenvalue weighted by Crippen LogP contribution is -2.14. The van der Waals surface area contributed by atoms with E-state index < -0.39 is 0 Å². The van der Waals surface area contributed by atoms with Crippen LogP contribution < -0.4 is 10.6 Å². The van der Waals surface area contributed by atoms with Gasteiger partial charge in [0.05, 0.1) is 10.7 Å². The molecule has 0 unspecified atom stereocenters. The average Bonchev–Trinajstić information content (AvgIpc) is 2.63. The molecule has 6 heteroatoms. The molecule has 4 nitrogen and oxygen atoms in total. The Morgan fingerprint density at radius 3 is 2.26 bits per heavy atom. The summed E-state index contributed by atoms with van der Waals surface area (Å²) in [5, 5.41) is 6.34. The zero-order valence-electron chi connectivity index (χ0n) is 15.7. The van der Waals surface area contributed by atoms with Crippen LogP contribution in [0.2, 0.25) is 5.02 Å². The molecule has 0 spiro atoms. The van der Waals surface area contributed by atoms with E-state index in [0.29, 0.717) is 23.6 Å². The van der Waals surface area contributed by atoms with E-state index in [-0.39, 0.29) is 11.8 Å². The van der Waals surface area contributed by atoms with Gasteiger partial charge in [-0.05, 0) is 49.3 Å². The highest BCUT2D eigenvalue weighted by atomic mass is 35.5. The van der Waals surface area contributed by atoms with Crippen molar-refractivity contribution in [1.82, 2.24) is 0 Å². The summed E-state index contributed by atoms with van der Waals surface area (Å²) >= 11 is 7.70. The lowest BCUT2D eigenvalue weighted by molar-refractivity contribution is -0.116. The largest absolute Gasteiger partial charge is 0.326 e. The number of nitrogens with one attached hydrogen (secondary N) is 2. The molecule has 0 aliphatic carbocycles. The van der Waals surface area contributed by atoms with Gasteiger partial charge in [-0.25, -0.2) is 0 Å². The van der Waals surface area contributed by atoms with Crippen molar-refractivity contribution >= 4 is 46.6 Å². The number of para-hydroxylation sites is 2. The van der Waals surface area contributed by atoms with Crippen molar-refractivity contribution in [3.05, 3.63) is 58.6 Å². The molecule has 0 aliphatic rings. The second kappa shape index (κ2) is 11.0. The van der Waals surface area contributed by atoms with Crippen LogP contribution in [0.5, 0.6) is 0 Å². The Bertz CT molecular complexity index is 775. The maximum atomic E-state index is 12.1. The van der Waals surface area contributed by atoms with Gasteiger partial charge < -0.3 is 10.6 Å². The highest BCUT2D eigenvalue weighted by Gasteiger charge is 2.08. The number of hydrogen-bond acceptors (Lipinski definition) is 3. The molecule has 0 aliphatic heterocycles. The normalized spacial score (nSPS) is 10.5. The molecule has 0 heterocycles. The zero-order valence-corrected chi connectivity index (χ0v) is 17.3. The van der Waals surface area contributed by atoms with Crippen LogP contribution in [-0.2, 0) is 9.59 Å². The van der Waals surface area contributed by atoms with Crippen LogP contribution in [-0.4, -0.2) is 23.3 Å². The van der Waals surface area contributed by atoms with Crippen molar-refractivity contribution in [2.45, 2.75) is 33.1 Å². The molecule has 144 valence electrons. The molecule has 0 bridgehead atoms. The van der Waals surface area contributed by atoms with Crippen molar-refractivity contribution in [2.75, 3.05) is 22.1 Å². The summed E-state index contributed by atoms with van der Waals surface area (Å²) in [6.45, 7) is 3.98. The van der Waals surface area contributed by atoms with Gasteiger partial charge in [-0.1, -0.05) is 41.9 Å². The highest BCUT2D eigenvalue weighted by molar-refractivity contribution is 7.99. The summed E-state index contributed by atoms with van der Waals surface area (Å²) in [4.78, 5) is 24.0. The van der Waals surface area contributed by atoms with Crippen LogP contribution in [0.4, 0.5) is 11.4 Å². The van der Waals surface area contributed by atoms with E-state index in [1.807, 2.05) is 44.2 Å². The summed E-state index contributed by atoms with van der Waals surface area (Å²) in [5.74, 6) is 1.54. The molecule has 0 fully saturated rings. The van der Waals surface area contributed by atoms with Crippen LogP contribution in [0.1, 0.15) is 30.4 Å². The standard InChI is InChI=1S/C21H25ClN2O2S/c1-15-7-5-8-16(2)21(15)24-19(25)11-6-13-27-14-12-20(26)23-18-10-4-3-9-17(18)22/h3-5,7-10H,6,11-14H2,1-2H3,(H,23,26)(H,24,25). The lowest BCUT2D eigenvalue weighted by atomic mass is 10.1. The van der Waals surface area contributed by atoms with Gasteiger partial charge in [0.1, 0.15) is 0 Å². The average molecular weight is 405 g/mol. The fourth-order valence-electron chi connectivity index (χ4n) is 2.59. The number of thioether (sulfide) groups is 1. The Labute approximate surface area is 170 Å². The summed E-state index contributed by atoms with van der Waals surface area (Å²) in [7, 11) is 0. The molecule has 0 aromatic heterocycles. The number of benzene rings is 2. The topological polar surface area (TPSA) is 58.2 Å². The molecule has 2 aromatic rings. The Hall–Kier alpha value is -1.98. The molecule has 0 saturated heterocycles. The smallest absolute Gasteiger partial charge is 0.225 e. The van der Waals surface area contributed by atoms with E-state index in [1.165, 1.54) is 0 Å². The van der Waals surface area contributed by atoms with Crippen LogP contribution in [0.3, 0.4) is 0 Å². The zero-order chi connectivity index (χ0) is 19.6. The van der Waals surface area contributed by atoms with E-state index in [1.54, 1.807) is 23.9 Å². The van der Waals surface area contributed by atoms with Gasteiger partial charge in [0.15, 0.2) is 0 Å². The summed E-state index contributed by atoms with van der Waals surface area (Å²) in [5.41, 5.74) is 3.69. The second-order valence-electron chi connectivity index (χ2n) is 6.31. The quantitative estimate of drug-likeness (QED) is 0.547. The predicted molar refractivity (Wildman–Crippen MR) is 116 cm³/mol. The molecule has 2 amide bonds. The first-order valence-corrected chi connectivity index (χ1v) is 10.5. The van der Waals surface area contributed by atoms with Crippen LogP contribution in [0, 0.1) is 13.8 Å². The van der Waals surface area contributed by atoms with Crippen molar-refractivity contribution in [3.8, 4) is 0 Å². The SMILES string of the molecule is Cc1cccc(C)c1NC(=O)CCCSCCC(=O)Nc1ccccc1Cl. The minimum Gasteiger partial charge on any atom is -0.326 e. The van der Waals surface area contributed by atoms with Crippen molar-refractivity contribution in [3.63, 3.8) is 0 Å². The van der Waals surface area contributed by atoms with Gasteiger partial charge in [0.25, 0.3) is 0 Å². The third-order valence-corrected chi connectivity index (χ3v) is 5.46. The number of carbonyl (C=O) groups is 2. The van der Waals surface area contributed by atoms with E-state index >= 15 is 0 Å². The maximum Gasteiger partial charge on any atom is 0.225 e. The van der Waals surface area contributed by atoms with Gasteiger partial charge in [0.2, 0.25) is 11.8 Å². The van der Waals surface area contributed by atoms with Gasteiger partial charge >= 0.3 is 0 Å². The minimum absolute atomic E-state index is 0.0319. The van der Waals surface area contributed by atoms with Crippen molar-refractivity contribution in [2.24, 2.45) is 0 Å². The number of hydrogen-bond donors (Lipinski definition) is 2. The van der Waals surface area contributed by atoms with E-state index in [9.17, 15) is 9.59 Å². The number of halogens is 1. The molecule has 0 saturated carbocycles. The van der Waals surface area contributed by atoms with Gasteiger partial charge in [-0.15, -0.1) is 0 Å². The number of carbonyl (C=O) groups excluding carboxylic acids is 2. The highest BCUT2D eigenvalue weighted by Crippen LogP contribution is 2.21.